The van der Waals surface area contributed by atoms with Gasteiger partial charge in [0.1, 0.15) is 0 Å². The summed E-state index contributed by atoms with van der Waals surface area (Å²) in [5.74, 6) is 0. The van der Waals surface area contributed by atoms with E-state index in [1.165, 1.54) is 24.0 Å². The van der Waals surface area contributed by atoms with Gasteiger partial charge in [-0.1, -0.05) is 44.5 Å². The van der Waals surface area contributed by atoms with Gasteiger partial charge in [-0.15, -0.1) is 0 Å². The molecule has 1 aromatic rings. The molecule has 0 spiro atoms. The molecular formula is C18H27NO. The Morgan fingerprint density at radius 2 is 2.05 bits per heavy atom. The molecule has 20 heavy (non-hydrogen) atoms. The highest BCUT2D eigenvalue weighted by atomic mass is 16.5. The number of rotatable bonds is 2. The zero-order chi connectivity index (χ0) is 14.2. The van der Waals surface area contributed by atoms with Gasteiger partial charge in [-0.3, -0.25) is 0 Å². The van der Waals surface area contributed by atoms with Crippen LogP contribution in [0.1, 0.15) is 63.2 Å². The second-order valence-electron chi connectivity index (χ2n) is 7.57. The quantitative estimate of drug-likeness (QED) is 0.884. The molecule has 1 saturated carbocycles. The SMILES string of the molecule is CC1(C)CCCC(N)(CC2OCCc3ccccc32)C1. The van der Waals surface area contributed by atoms with Crippen LogP contribution in [-0.2, 0) is 11.2 Å². The first-order chi connectivity index (χ1) is 9.48. The van der Waals surface area contributed by atoms with Gasteiger partial charge >= 0.3 is 0 Å². The van der Waals surface area contributed by atoms with E-state index in [2.05, 4.69) is 38.1 Å². The maximum atomic E-state index is 6.74. The van der Waals surface area contributed by atoms with Gasteiger partial charge in [0.2, 0.25) is 0 Å². The number of nitrogens with two attached hydrogens (primary N) is 1. The first kappa shape index (κ1) is 14.1. The molecular weight excluding hydrogens is 246 g/mol. The lowest BCUT2D eigenvalue weighted by Gasteiger charge is -2.44. The summed E-state index contributed by atoms with van der Waals surface area (Å²) in [4.78, 5) is 0. The third kappa shape index (κ3) is 2.91. The average Bonchev–Trinajstić information content (AvgIpc) is 2.37. The maximum Gasteiger partial charge on any atom is 0.0845 e. The summed E-state index contributed by atoms with van der Waals surface area (Å²) in [5.41, 5.74) is 9.87. The van der Waals surface area contributed by atoms with Crippen molar-refractivity contribution >= 4 is 0 Å². The van der Waals surface area contributed by atoms with E-state index in [0.29, 0.717) is 5.41 Å². The second kappa shape index (κ2) is 5.16. The van der Waals surface area contributed by atoms with E-state index in [0.717, 1.165) is 32.3 Å². The van der Waals surface area contributed by atoms with Gasteiger partial charge in [-0.2, -0.15) is 0 Å². The Morgan fingerprint density at radius 1 is 1.25 bits per heavy atom. The Hall–Kier alpha value is -0.860. The normalized spacial score (nSPS) is 32.6. The molecule has 0 aromatic heterocycles. The Bertz CT molecular complexity index is 482. The predicted octanol–water partition coefficient (Wildman–Crippen LogP) is 3.99. The van der Waals surface area contributed by atoms with E-state index < -0.39 is 0 Å². The minimum atomic E-state index is -0.0587. The van der Waals surface area contributed by atoms with Crippen molar-refractivity contribution in [2.24, 2.45) is 11.1 Å². The number of benzene rings is 1. The molecule has 0 bridgehead atoms. The smallest absolute Gasteiger partial charge is 0.0845 e. The largest absolute Gasteiger partial charge is 0.373 e. The monoisotopic (exact) mass is 273 g/mol. The molecule has 0 amide bonds. The van der Waals surface area contributed by atoms with Gasteiger partial charge in [0.25, 0.3) is 0 Å². The molecule has 2 aliphatic rings. The van der Waals surface area contributed by atoms with Crippen LogP contribution in [0.2, 0.25) is 0 Å². The molecule has 110 valence electrons. The molecule has 2 N–H and O–H groups in total. The summed E-state index contributed by atoms with van der Waals surface area (Å²) in [6, 6.07) is 8.70. The zero-order valence-corrected chi connectivity index (χ0v) is 12.8. The van der Waals surface area contributed by atoms with Gasteiger partial charge in [0, 0.05) is 5.54 Å². The summed E-state index contributed by atoms with van der Waals surface area (Å²) in [7, 11) is 0. The van der Waals surface area contributed by atoms with E-state index in [-0.39, 0.29) is 11.6 Å². The third-order valence-electron chi connectivity index (χ3n) is 5.04. The second-order valence-corrected chi connectivity index (χ2v) is 7.57. The molecule has 2 unspecified atom stereocenters. The fourth-order valence-electron chi connectivity index (χ4n) is 4.24. The number of hydrogen-bond donors (Lipinski definition) is 1. The molecule has 1 aliphatic heterocycles. The van der Waals surface area contributed by atoms with Crippen LogP contribution in [0.5, 0.6) is 0 Å². The first-order valence-corrected chi connectivity index (χ1v) is 7.96. The molecule has 1 fully saturated rings. The predicted molar refractivity (Wildman–Crippen MR) is 82.6 cm³/mol. The van der Waals surface area contributed by atoms with Gasteiger partial charge in [-0.25, -0.2) is 0 Å². The molecule has 3 rings (SSSR count). The molecule has 0 saturated heterocycles. The van der Waals surface area contributed by atoms with Crippen LogP contribution in [0, 0.1) is 5.41 Å². The highest BCUT2D eigenvalue weighted by Gasteiger charge is 2.39. The van der Waals surface area contributed by atoms with Gasteiger partial charge in [0.05, 0.1) is 12.7 Å². The summed E-state index contributed by atoms with van der Waals surface area (Å²) >= 11 is 0. The Morgan fingerprint density at radius 3 is 2.85 bits per heavy atom. The molecule has 1 heterocycles. The van der Waals surface area contributed by atoms with Crippen LogP contribution >= 0.6 is 0 Å². The van der Waals surface area contributed by atoms with Crippen molar-refractivity contribution in [3.05, 3.63) is 35.4 Å². The highest BCUT2D eigenvalue weighted by Crippen LogP contribution is 2.44. The zero-order valence-electron chi connectivity index (χ0n) is 12.8. The van der Waals surface area contributed by atoms with Gasteiger partial charge < -0.3 is 10.5 Å². The Labute approximate surface area is 122 Å². The van der Waals surface area contributed by atoms with Crippen molar-refractivity contribution in [3.63, 3.8) is 0 Å². The fraction of sp³-hybridized carbons (Fsp3) is 0.667. The molecule has 2 atom stereocenters. The Kier molecular flexibility index (Phi) is 3.64. The van der Waals surface area contributed by atoms with Gasteiger partial charge in [0.15, 0.2) is 0 Å². The van der Waals surface area contributed by atoms with Crippen LogP contribution in [-0.4, -0.2) is 12.1 Å². The van der Waals surface area contributed by atoms with Crippen molar-refractivity contribution in [3.8, 4) is 0 Å². The minimum Gasteiger partial charge on any atom is -0.373 e. The minimum absolute atomic E-state index is 0.0587. The fourth-order valence-corrected chi connectivity index (χ4v) is 4.24. The Balaban J connectivity index is 1.78. The van der Waals surface area contributed by atoms with Crippen molar-refractivity contribution < 1.29 is 4.74 Å². The first-order valence-electron chi connectivity index (χ1n) is 7.96. The van der Waals surface area contributed by atoms with Crippen LogP contribution in [0.3, 0.4) is 0 Å². The molecule has 2 nitrogen and oxygen atoms in total. The lowest BCUT2D eigenvalue weighted by molar-refractivity contribution is 0.00553. The summed E-state index contributed by atoms with van der Waals surface area (Å²) in [5, 5.41) is 0. The number of fused-ring (bicyclic) bond motifs is 1. The highest BCUT2D eigenvalue weighted by molar-refractivity contribution is 5.31. The molecule has 1 aromatic carbocycles. The van der Waals surface area contributed by atoms with E-state index in [1.54, 1.807) is 0 Å². The van der Waals surface area contributed by atoms with Crippen molar-refractivity contribution in [1.82, 2.24) is 0 Å². The van der Waals surface area contributed by atoms with Crippen LogP contribution in [0.25, 0.3) is 0 Å². The topological polar surface area (TPSA) is 35.2 Å². The van der Waals surface area contributed by atoms with E-state index in [1.807, 2.05) is 0 Å². The van der Waals surface area contributed by atoms with Crippen LogP contribution in [0.15, 0.2) is 24.3 Å². The average molecular weight is 273 g/mol. The maximum absolute atomic E-state index is 6.74. The molecule has 0 radical (unpaired) electrons. The van der Waals surface area contributed by atoms with Gasteiger partial charge in [-0.05, 0) is 48.6 Å². The van der Waals surface area contributed by atoms with E-state index in [9.17, 15) is 0 Å². The number of ether oxygens (including phenoxy) is 1. The third-order valence-corrected chi connectivity index (χ3v) is 5.04. The lowest BCUT2D eigenvalue weighted by atomic mass is 9.66. The van der Waals surface area contributed by atoms with E-state index in [4.69, 9.17) is 10.5 Å². The van der Waals surface area contributed by atoms with E-state index >= 15 is 0 Å². The lowest BCUT2D eigenvalue weighted by Crippen LogP contribution is -2.48. The summed E-state index contributed by atoms with van der Waals surface area (Å²) < 4.78 is 6.06. The molecule has 2 heteroatoms. The summed E-state index contributed by atoms with van der Waals surface area (Å²) in [6.45, 7) is 5.54. The van der Waals surface area contributed by atoms with Crippen molar-refractivity contribution in [1.29, 1.82) is 0 Å². The van der Waals surface area contributed by atoms with Crippen LogP contribution in [0.4, 0.5) is 0 Å². The van der Waals surface area contributed by atoms with Crippen LogP contribution < -0.4 is 5.73 Å². The van der Waals surface area contributed by atoms with Crippen molar-refractivity contribution in [2.45, 2.75) is 64.0 Å². The van der Waals surface area contributed by atoms with Crippen molar-refractivity contribution in [2.75, 3.05) is 6.61 Å². The number of hydrogen-bond acceptors (Lipinski definition) is 2. The summed E-state index contributed by atoms with van der Waals surface area (Å²) in [6.07, 6.45) is 6.99. The molecule has 1 aliphatic carbocycles. The standard InChI is InChI=1S/C18H27NO/c1-17(2)9-5-10-18(19,13-17)12-16-15-7-4-3-6-14(15)8-11-20-16/h3-4,6-7,16H,5,8-13,19H2,1-2H3.